The third-order valence-corrected chi connectivity index (χ3v) is 7.48. The molecule has 0 amide bonds. The second kappa shape index (κ2) is 10.7. The van der Waals surface area contributed by atoms with Crippen LogP contribution in [0, 0.1) is 11.8 Å². The number of hydrogen-bond acceptors (Lipinski definition) is 5. The molecular formula is C23H34O4S. The molecule has 1 saturated carbocycles. The van der Waals surface area contributed by atoms with Gasteiger partial charge in [-0.25, -0.2) is 0 Å². The molecule has 1 aliphatic rings. The molecule has 0 aliphatic heterocycles. The zero-order valence-corrected chi connectivity index (χ0v) is 17.4. The molecule has 5 atom stereocenters. The Labute approximate surface area is 171 Å². The van der Waals surface area contributed by atoms with Gasteiger partial charge in [0.1, 0.15) is 0 Å². The van der Waals surface area contributed by atoms with Crippen molar-refractivity contribution in [3.8, 4) is 0 Å². The van der Waals surface area contributed by atoms with Gasteiger partial charge >= 0.3 is 0 Å². The van der Waals surface area contributed by atoms with E-state index in [9.17, 15) is 15.3 Å². The molecule has 3 rings (SSSR count). The lowest BCUT2D eigenvalue weighted by Crippen LogP contribution is -2.23. The van der Waals surface area contributed by atoms with Crippen LogP contribution in [0.3, 0.4) is 0 Å². The first-order chi connectivity index (χ1) is 13.6. The molecular weight excluding hydrogens is 372 g/mol. The summed E-state index contributed by atoms with van der Waals surface area (Å²) in [6.07, 6.45) is 6.52. The van der Waals surface area contributed by atoms with E-state index in [1.165, 1.54) is 4.70 Å². The molecule has 2 aromatic rings. The van der Waals surface area contributed by atoms with Crippen molar-refractivity contribution in [3.05, 3.63) is 35.2 Å². The molecule has 0 radical (unpaired) electrons. The smallest absolute Gasteiger partial charge is 0.0882 e. The van der Waals surface area contributed by atoms with Crippen LogP contribution < -0.4 is 0 Å². The number of benzene rings is 1. The van der Waals surface area contributed by atoms with E-state index in [4.69, 9.17) is 5.11 Å². The van der Waals surface area contributed by atoms with E-state index in [-0.39, 0.29) is 18.4 Å². The van der Waals surface area contributed by atoms with Crippen LogP contribution in [-0.2, 0) is 0 Å². The lowest BCUT2D eigenvalue weighted by molar-refractivity contribution is 0.0834. The van der Waals surface area contributed by atoms with Gasteiger partial charge in [-0.15, -0.1) is 11.3 Å². The fourth-order valence-corrected chi connectivity index (χ4v) is 5.75. The SMILES string of the molecule is OCCCCCCC[C@@H]1[C@@H](CC[C@@H](O)c2cc3ccccc3s2)[C@H](O)C[C@@H]1O. The van der Waals surface area contributed by atoms with Crippen molar-refractivity contribution in [2.24, 2.45) is 11.8 Å². The molecule has 0 bridgehead atoms. The summed E-state index contributed by atoms with van der Waals surface area (Å²) in [4.78, 5) is 0.981. The van der Waals surface area contributed by atoms with Crippen LogP contribution in [-0.4, -0.2) is 39.2 Å². The Bertz CT molecular complexity index is 682. The second-order valence-electron chi connectivity index (χ2n) is 8.26. The Balaban J connectivity index is 1.50. The number of hydrogen-bond donors (Lipinski definition) is 4. The van der Waals surface area contributed by atoms with Crippen LogP contribution in [0.5, 0.6) is 0 Å². The van der Waals surface area contributed by atoms with Crippen LogP contribution in [0.25, 0.3) is 10.1 Å². The van der Waals surface area contributed by atoms with Crippen LogP contribution in [0.15, 0.2) is 30.3 Å². The average Bonchev–Trinajstić information content (AvgIpc) is 3.23. The summed E-state index contributed by atoms with van der Waals surface area (Å²) in [6.45, 7) is 0.262. The van der Waals surface area contributed by atoms with E-state index in [2.05, 4.69) is 18.2 Å². The van der Waals surface area contributed by atoms with Crippen molar-refractivity contribution in [1.29, 1.82) is 0 Å². The quantitative estimate of drug-likeness (QED) is 0.417. The first-order valence-electron chi connectivity index (χ1n) is 10.7. The van der Waals surface area contributed by atoms with Gasteiger partial charge in [0.05, 0.1) is 18.3 Å². The van der Waals surface area contributed by atoms with E-state index in [0.717, 1.165) is 55.2 Å². The van der Waals surface area contributed by atoms with E-state index >= 15 is 0 Å². The van der Waals surface area contributed by atoms with Crippen molar-refractivity contribution in [3.63, 3.8) is 0 Å². The maximum atomic E-state index is 10.7. The highest BCUT2D eigenvalue weighted by Gasteiger charge is 2.40. The number of aliphatic hydroxyl groups excluding tert-OH is 4. The predicted octanol–water partition coefficient (Wildman–Crippen LogP) is 4.41. The zero-order valence-electron chi connectivity index (χ0n) is 16.5. The Morgan fingerprint density at radius 1 is 0.929 bits per heavy atom. The standard InChI is InChI=1S/C23H34O4S/c24-13-7-3-1-2-4-9-17-18(21(27)15-20(17)26)11-12-19(25)23-14-16-8-5-6-10-22(16)28-23/h5-6,8,10,14,17-21,24-27H,1-4,7,9,11-13,15H2/t17-,18-,19-,20+,21-/m1/s1. The minimum Gasteiger partial charge on any atom is -0.396 e. The van der Waals surface area contributed by atoms with Gasteiger partial charge in [0.2, 0.25) is 0 Å². The van der Waals surface area contributed by atoms with Gasteiger partial charge in [-0.05, 0) is 61.5 Å². The highest BCUT2D eigenvalue weighted by Crippen LogP contribution is 2.41. The Kier molecular flexibility index (Phi) is 8.30. The summed E-state index contributed by atoms with van der Waals surface area (Å²) in [5.74, 6) is 0.193. The number of fused-ring (bicyclic) bond motifs is 1. The summed E-state index contributed by atoms with van der Waals surface area (Å²) in [5, 5.41) is 41.5. The van der Waals surface area contributed by atoms with Crippen molar-refractivity contribution >= 4 is 21.4 Å². The minimum atomic E-state index is -0.513. The van der Waals surface area contributed by atoms with Crippen LogP contribution in [0.1, 0.15) is 68.8 Å². The molecule has 156 valence electrons. The van der Waals surface area contributed by atoms with E-state index < -0.39 is 18.3 Å². The van der Waals surface area contributed by atoms with Crippen molar-refractivity contribution < 1.29 is 20.4 Å². The number of rotatable bonds is 11. The van der Waals surface area contributed by atoms with Gasteiger partial charge in [-0.3, -0.25) is 0 Å². The lowest BCUT2D eigenvalue weighted by Gasteiger charge is -2.24. The van der Waals surface area contributed by atoms with Gasteiger partial charge in [-0.2, -0.15) is 0 Å². The van der Waals surface area contributed by atoms with Gasteiger partial charge in [-0.1, -0.05) is 43.9 Å². The average molecular weight is 407 g/mol. The number of aliphatic hydroxyl groups is 4. The van der Waals surface area contributed by atoms with Crippen LogP contribution in [0.4, 0.5) is 0 Å². The first-order valence-corrected chi connectivity index (χ1v) is 11.6. The molecule has 0 unspecified atom stereocenters. The largest absolute Gasteiger partial charge is 0.396 e. The van der Waals surface area contributed by atoms with Gasteiger partial charge in [0.15, 0.2) is 0 Å². The van der Waals surface area contributed by atoms with Gasteiger partial charge in [0.25, 0.3) is 0 Å². The van der Waals surface area contributed by atoms with E-state index in [1.54, 1.807) is 11.3 Å². The highest BCUT2D eigenvalue weighted by molar-refractivity contribution is 7.19. The monoisotopic (exact) mass is 406 g/mol. The third kappa shape index (κ3) is 5.55. The third-order valence-electron chi connectivity index (χ3n) is 6.26. The highest BCUT2D eigenvalue weighted by atomic mass is 32.1. The first kappa shape index (κ1) is 21.7. The Morgan fingerprint density at radius 3 is 2.36 bits per heavy atom. The van der Waals surface area contributed by atoms with Crippen LogP contribution >= 0.6 is 11.3 Å². The Morgan fingerprint density at radius 2 is 1.61 bits per heavy atom. The fourth-order valence-electron chi connectivity index (χ4n) is 4.66. The summed E-state index contributed by atoms with van der Waals surface area (Å²) in [6, 6.07) is 10.2. The van der Waals surface area contributed by atoms with Crippen molar-refractivity contribution in [1.82, 2.24) is 0 Å². The van der Waals surface area contributed by atoms with Gasteiger partial charge in [0, 0.05) is 16.2 Å². The Hall–Kier alpha value is -0.980. The maximum absolute atomic E-state index is 10.7. The van der Waals surface area contributed by atoms with Gasteiger partial charge < -0.3 is 20.4 Å². The molecule has 1 aromatic carbocycles. The molecule has 1 fully saturated rings. The molecule has 1 aromatic heterocycles. The van der Waals surface area contributed by atoms with Crippen molar-refractivity contribution in [2.45, 2.75) is 76.1 Å². The summed E-state index contributed by atoms with van der Waals surface area (Å²) >= 11 is 1.63. The molecule has 5 heteroatoms. The molecule has 28 heavy (non-hydrogen) atoms. The van der Waals surface area contributed by atoms with Crippen LogP contribution in [0.2, 0.25) is 0 Å². The molecule has 1 aliphatic carbocycles. The number of unbranched alkanes of at least 4 members (excludes halogenated alkanes) is 4. The summed E-state index contributed by atoms with van der Waals surface area (Å²) < 4.78 is 1.19. The number of thiophene rings is 1. The van der Waals surface area contributed by atoms with Crippen molar-refractivity contribution in [2.75, 3.05) is 6.61 Å². The predicted molar refractivity (Wildman–Crippen MR) is 114 cm³/mol. The fraction of sp³-hybridized carbons (Fsp3) is 0.652. The molecule has 0 spiro atoms. The normalized spacial score (nSPS) is 26.1. The molecule has 4 nitrogen and oxygen atoms in total. The zero-order chi connectivity index (χ0) is 19.9. The lowest BCUT2D eigenvalue weighted by atomic mass is 9.84. The van der Waals surface area contributed by atoms with E-state index in [0.29, 0.717) is 12.8 Å². The summed E-state index contributed by atoms with van der Waals surface area (Å²) in [7, 11) is 0. The van der Waals surface area contributed by atoms with E-state index in [1.807, 2.05) is 12.1 Å². The minimum absolute atomic E-state index is 0.0662. The maximum Gasteiger partial charge on any atom is 0.0882 e. The second-order valence-corrected chi connectivity index (χ2v) is 9.37. The molecule has 4 N–H and O–H groups in total. The topological polar surface area (TPSA) is 80.9 Å². The molecule has 1 heterocycles. The summed E-state index contributed by atoms with van der Waals surface area (Å²) in [5.41, 5.74) is 0. The molecule has 0 saturated heterocycles.